The summed E-state index contributed by atoms with van der Waals surface area (Å²) in [6.07, 6.45) is 4.31. The van der Waals surface area contributed by atoms with Gasteiger partial charge in [0.25, 0.3) is 0 Å². The smallest absolute Gasteiger partial charge is 0.124 e. The van der Waals surface area contributed by atoms with E-state index in [0.717, 1.165) is 12.2 Å². The number of halogens is 1. The average Bonchev–Trinajstić information content (AvgIpc) is 2.72. The summed E-state index contributed by atoms with van der Waals surface area (Å²) in [6.45, 7) is 0. The summed E-state index contributed by atoms with van der Waals surface area (Å²) in [4.78, 5) is 7.14. The molecule has 0 amide bonds. The summed E-state index contributed by atoms with van der Waals surface area (Å²) in [5, 5.41) is -0.0765. The van der Waals surface area contributed by atoms with Crippen LogP contribution in [-0.2, 0) is 6.42 Å². The monoisotopic (exact) mass is 206 g/mol. The molecule has 0 aliphatic rings. The van der Waals surface area contributed by atoms with Crippen LogP contribution in [0.1, 0.15) is 16.8 Å². The van der Waals surface area contributed by atoms with Crippen molar-refractivity contribution in [3.63, 3.8) is 0 Å². The summed E-state index contributed by atoms with van der Waals surface area (Å²) >= 11 is 6.19. The second kappa shape index (κ2) is 4.29. The molecule has 1 aromatic heterocycles. The fourth-order valence-electron chi connectivity index (χ4n) is 1.37. The Bertz CT molecular complexity index is 369. The maximum atomic E-state index is 6.19. The first kappa shape index (κ1) is 9.28. The molecule has 0 aliphatic carbocycles. The highest BCUT2D eigenvalue weighted by Crippen LogP contribution is 2.21. The summed E-state index contributed by atoms with van der Waals surface area (Å²) in [5.41, 5.74) is 1.23. The van der Waals surface area contributed by atoms with E-state index in [2.05, 4.69) is 22.1 Å². The molecule has 14 heavy (non-hydrogen) atoms. The third-order valence-electron chi connectivity index (χ3n) is 2.07. The standard InChI is InChI=1S/C11H11ClN2/c12-10(11-13-6-7-14-11)8-9-4-2-1-3-5-9/h1-7,10H,8H2,(H,13,14). The third kappa shape index (κ3) is 2.15. The van der Waals surface area contributed by atoms with Crippen molar-refractivity contribution in [1.82, 2.24) is 9.97 Å². The van der Waals surface area contributed by atoms with E-state index in [0.29, 0.717) is 0 Å². The summed E-state index contributed by atoms with van der Waals surface area (Å²) < 4.78 is 0. The first-order valence-electron chi connectivity index (χ1n) is 4.53. The highest BCUT2D eigenvalue weighted by atomic mass is 35.5. The van der Waals surface area contributed by atoms with Gasteiger partial charge in [0.15, 0.2) is 0 Å². The molecule has 0 fully saturated rings. The Labute approximate surface area is 88.0 Å². The van der Waals surface area contributed by atoms with E-state index >= 15 is 0 Å². The van der Waals surface area contributed by atoms with E-state index in [1.54, 1.807) is 12.4 Å². The Morgan fingerprint density at radius 1 is 1.29 bits per heavy atom. The van der Waals surface area contributed by atoms with Gasteiger partial charge in [-0.2, -0.15) is 0 Å². The quantitative estimate of drug-likeness (QED) is 0.769. The van der Waals surface area contributed by atoms with E-state index in [4.69, 9.17) is 11.6 Å². The number of hydrogen-bond donors (Lipinski definition) is 1. The molecule has 0 aliphatic heterocycles. The van der Waals surface area contributed by atoms with Gasteiger partial charge in [-0.1, -0.05) is 30.3 Å². The number of imidazole rings is 1. The minimum absolute atomic E-state index is 0.0765. The zero-order valence-corrected chi connectivity index (χ0v) is 8.41. The van der Waals surface area contributed by atoms with Crippen LogP contribution in [0, 0.1) is 0 Å². The fraction of sp³-hybridized carbons (Fsp3) is 0.182. The van der Waals surface area contributed by atoms with Gasteiger partial charge in [-0.25, -0.2) is 4.98 Å². The van der Waals surface area contributed by atoms with E-state index < -0.39 is 0 Å². The van der Waals surface area contributed by atoms with Crippen LogP contribution in [-0.4, -0.2) is 9.97 Å². The van der Waals surface area contributed by atoms with Crippen LogP contribution in [0.4, 0.5) is 0 Å². The molecule has 2 nitrogen and oxygen atoms in total. The molecule has 1 heterocycles. The number of aromatic nitrogens is 2. The van der Waals surface area contributed by atoms with Crippen molar-refractivity contribution in [3.05, 3.63) is 54.1 Å². The molecule has 1 unspecified atom stereocenters. The molecular formula is C11H11ClN2. The number of hydrogen-bond acceptors (Lipinski definition) is 1. The molecule has 2 aromatic rings. The van der Waals surface area contributed by atoms with Crippen LogP contribution < -0.4 is 0 Å². The Morgan fingerprint density at radius 2 is 2.07 bits per heavy atom. The van der Waals surface area contributed by atoms with Crippen molar-refractivity contribution in [2.24, 2.45) is 0 Å². The Balaban J connectivity index is 2.06. The number of aromatic amines is 1. The van der Waals surface area contributed by atoms with Crippen molar-refractivity contribution in [3.8, 4) is 0 Å². The largest absolute Gasteiger partial charge is 0.347 e. The lowest BCUT2D eigenvalue weighted by molar-refractivity contribution is 0.849. The molecule has 0 bridgehead atoms. The van der Waals surface area contributed by atoms with Crippen molar-refractivity contribution in [2.75, 3.05) is 0 Å². The minimum atomic E-state index is -0.0765. The number of H-pyrrole nitrogens is 1. The molecule has 3 heteroatoms. The predicted molar refractivity (Wildman–Crippen MR) is 57.3 cm³/mol. The Morgan fingerprint density at radius 3 is 2.71 bits per heavy atom. The zero-order valence-electron chi connectivity index (χ0n) is 7.65. The molecule has 0 saturated heterocycles. The first-order valence-corrected chi connectivity index (χ1v) is 4.97. The van der Waals surface area contributed by atoms with E-state index in [1.807, 2.05) is 18.2 Å². The molecule has 0 spiro atoms. The molecule has 1 atom stereocenters. The second-order valence-corrected chi connectivity index (χ2v) is 3.66. The predicted octanol–water partition coefficient (Wildman–Crippen LogP) is 2.93. The number of nitrogens with zero attached hydrogens (tertiary/aromatic N) is 1. The van der Waals surface area contributed by atoms with Crippen LogP contribution in [0.3, 0.4) is 0 Å². The Kier molecular flexibility index (Phi) is 2.84. The number of rotatable bonds is 3. The van der Waals surface area contributed by atoms with Crippen LogP contribution >= 0.6 is 11.6 Å². The van der Waals surface area contributed by atoms with E-state index in [9.17, 15) is 0 Å². The third-order valence-corrected chi connectivity index (χ3v) is 2.43. The molecular weight excluding hydrogens is 196 g/mol. The number of nitrogens with one attached hydrogen (secondary N) is 1. The Hall–Kier alpha value is -1.28. The number of alkyl halides is 1. The van der Waals surface area contributed by atoms with Gasteiger partial charge in [-0.15, -0.1) is 11.6 Å². The molecule has 1 aromatic carbocycles. The SMILES string of the molecule is ClC(Cc1ccccc1)c1ncc[nH]1. The maximum Gasteiger partial charge on any atom is 0.124 e. The van der Waals surface area contributed by atoms with Crippen LogP contribution in [0.25, 0.3) is 0 Å². The van der Waals surface area contributed by atoms with Crippen LogP contribution in [0.5, 0.6) is 0 Å². The highest BCUT2D eigenvalue weighted by Gasteiger charge is 2.10. The normalized spacial score (nSPS) is 12.6. The second-order valence-electron chi connectivity index (χ2n) is 3.13. The van der Waals surface area contributed by atoms with E-state index in [1.165, 1.54) is 5.56 Å². The topological polar surface area (TPSA) is 28.7 Å². The van der Waals surface area contributed by atoms with Gasteiger partial charge in [0.05, 0.1) is 5.38 Å². The first-order chi connectivity index (χ1) is 6.86. The van der Waals surface area contributed by atoms with Crippen LogP contribution in [0.15, 0.2) is 42.7 Å². The minimum Gasteiger partial charge on any atom is -0.347 e. The zero-order chi connectivity index (χ0) is 9.80. The van der Waals surface area contributed by atoms with Gasteiger partial charge >= 0.3 is 0 Å². The molecule has 1 N–H and O–H groups in total. The van der Waals surface area contributed by atoms with Gasteiger partial charge in [0, 0.05) is 12.4 Å². The molecule has 0 radical (unpaired) electrons. The van der Waals surface area contributed by atoms with Gasteiger partial charge in [0.2, 0.25) is 0 Å². The lowest BCUT2D eigenvalue weighted by Crippen LogP contribution is -1.97. The van der Waals surface area contributed by atoms with Crippen LogP contribution in [0.2, 0.25) is 0 Å². The van der Waals surface area contributed by atoms with Gasteiger partial charge in [-0.3, -0.25) is 0 Å². The summed E-state index contributed by atoms with van der Waals surface area (Å²) in [5.74, 6) is 0.829. The summed E-state index contributed by atoms with van der Waals surface area (Å²) in [6, 6.07) is 10.2. The summed E-state index contributed by atoms with van der Waals surface area (Å²) in [7, 11) is 0. The lowest BCUT2D eigenvalue weighted by Gasteiger charge is -2.05. The average molecular weight is 207 g/mol. The molecule has 0 saturated carbocycles. The van der Waals surface area contributed by atoms with Crippen molar-refractivity contribution in [1.29, 1.82) is 0 Å². The van der Waals surface area contributed by atoms with E-state index in [-0.39, 0.29) is 5.38 Å². The van der Waals surface area contributed by atoms with Gasteiger partial charge in [0.1, 0.15) is 5.82 Å². The van der Waals surface area contributed by atoms with Gasteiger partial charge < -0.3 is 4.98 Å². The number of benzene rings is 1. The van der Waals surface area contributed by atoms with Crippen molar-refractivity contribution < 1.29 is 0 Å². The van der Waals surface area contributed by atoms with Crippen molar-refractivity contribution in [2.45, 2.75) is 11.8 Å². The highest BCUT2D eigenvalue weighted by molar-refractivity contribution is 6.20. The maximum absolute atomic E-state index is 6.19. The molecule has 72 valence electrons. The van der Waals surface area contributed by atoms with Crippen molar-refractivity contribution >= 4 is 11.6 Å². The fourth-order valence-corrected chi connectivity index (χ4v) is 1.66. The lowest BCUT2D eigenvalue weighted by atomic mass is 10.1. The molecule has 2 rings (SSSR count). The van der Waals surface area contributed by atoms with Gasteiger partial charge in [-0.05, 0) is 12.0 Å².